The van der Waals surface area contributed by atoms with E-state index in [0.29, 0.717) is 0 Å². The second-order valence-electron chi connectivity index (χ2n) is 6.02. The molecule has 3 N–H and O–H groups in total. The Morgan fingerprint density at radius 3 is 2.04 bits per heavy atom. The SMILES string of the molecule is CC(=O)NC(CC(=O)N[C@H](Cc1ccccc1)C(=O)O)c1ccccc1. The molecule has 2 atom stereocenters. The lowest BCUT2D eigenvalue weighted by Crippen LogP contribution is -2.43. The van der Waals surface area contributed by atoms with Gasteiger partial charge in [0.2, 0.25) is 11.8 Å². The van der Waals surface area contributed by atoms with E-state index in [2.05, 4.69) is 10.6 Å². The van der Waals surface area contributed by atoms with Crippen LogP contribution in [0.2, 0.25) is 0 Å². The van der Waals surface area contributed by atoms with Gasteiger partial charge in [0.1, 0.15) is 6.04 Å². The number of benzene rings is 2. The lowest BCUT2D eigenvalue weighted by molar-refractivity contribution is -0.142. The minimum absolute atomic E-state index is 0.0395. The van der Waals surface area contributed by atoms with Crippen molar-refractivity contribution >= 4 is 17.8 Å². The number of carboxylic acids is 1. The van der Waals surface area contributed by atoms with Crippen LogP contribution in [0.1, 0.15) is 30.5 Å². The number of carbonyl (C=O) groups is 3. The molecule has 0 saturated carbocycles. The molecular formula is C20H22N2O4. The van der Waals surface area contributed by atoms with E-state index < -0.39 is 24.0 Å². The van der Waals surface area contributed by atoms with Gasteiger partial charge in [-0.05, 0) is 11.1 Å². The predicted molar refractivity (Wildman–Crippen MR) is 97.3 cm³/mol. The Bertz CT molecular complexity index is 747. The lowest BCUT2D eigenvalue weighted by Gasteiger charge is -2.20. The third-order valence-electron chi connectivity index (χ3n) is 3.88. The molecular weight excluding hydrogens is 332 g/mol. The number of hydrogen-bond donors (Lipinski definition) is 3. The number of nitrogens with one attached hydrogen (secondary N) is 2. The molecule has 0 radical (unpaired) electrons. The zero-order valence-electron chi connectivity index (χ0n) is 14.5. The van der Waals surface area contributed by atoms with E-state index in [0.717, 1.165) is 11.1 Å². The summed E-state index contributed by atoms with van der Waals surface area (Å²) in [6.07, 6.45) is 0.153. The first-order valence-corrected chi connectivity index (χ1v) is 8.34. The van der Waals surface area contributed by atoms with E-state index in [1.807, 2.05) is 60.7 Å². The number of carbonyl (C=O) groups excluding carboxylic acids is 2. The minimum Gasteiger partial charge on any atom is -0.480 e. The first kappa shape index (κ1) is 19.2. The molecule has 0 aliphatic heterocycles. The van der Waals surface area contributed by atoms with Crippen molar-refractivity contribution in [3.05, 3.63) is 71.8 Å². The maximum absolute atomic E-state index is 12.4. The van der Waals surface area contributed by atoms with Gasteiger partial charge in [-0.3, -0.25) is 9.59 Å². The largest absolute Gasteiger partial charge is 0.480 e. The minimum atomic E-state index is -1.10. The van der Waals surface area contributed by atoms with Gasteiger partial charge in [0.25, 0.3) is 0 Å². The second kappa shape index (κ2) is 9.36. The van der Waals surface area contributed by atoms with Crippen molar-refractivity contribution in [3.63, 3.8) is 0 Å². The van der Waals surface area contributed by atoms with Crippen LogP contribution < -0.4 is 10.6 Å². The van der Waals surface area contributed by atoms with Crippen molar-refractivity contribution in [1.29, 1.82) is 0 Å². The van der Waals surface area contributed by atoms with Crippen LogP contribution in [0, 0.1) is 0 Å². The molecule has 0 bridgehead atoms. The molecule has 0 fully saturated rings. The van der Waals surface area contributed by atoms with Gasteiger partial charge in [0.15, 0.2) is 0 Å². The normalized spacial score (nSPS) is 12.7. The quantitative estimate of drug-likeness (QED) is 0.676. The molecule has 136 valence electrons. The molecule has 0 aliphatic carbocycles. The molecule has 2 aromatic carbocycles. The topological polar surface area (TPSA) is 95.5 Å². The van der Waals surface area contributed by atoms with Crippen LogP contribution in [0.4, 0.5) is 0 Å². The zero-order chi connectivity index (χ0) is 18.9. The fraction of sp³-hybridized carbons (Fsp3) is 0.250. The van der Waals surface area contributed by atoms with Crippen LogP contribution in [0.5, 0.6) is 0 Å². The second-order valence-corrected chi connectivity index (χ2v) is 6.02. The van der Waals surface area contributed by atoms with Crippen molar-refractivity contribution in [2.45, 2.75) is 31.8 Å². The maximum Gasteiger partial charge on any atom is 0.326 e. The van der Waals surface area contributed by atoms with E-state index in [-0.39, 0.29) is 18.7 Å². The van der Waals surface area contributed by atoms with Gasteiger partial charge in [-0.25, -0.2) is 4.79 Å². The summed E-state index contributed by atoms with van der Waals surface area (Å²) >= 11 is 0. The summed E-state index contributed by atoms with van der Waals surface area (Å²) in [5.41, 5.74) is 1.61. The molecule has 6 nitrogen and oxygen atoms in total. The van der Waals surface area contributed by atoms with Crippen LogP contribution in [0.3, 0.4) is 0 Å². The summed E-state index contributed by atoms with van der Waals surface area (Å²) in [6, 6.07) is 16.7. The average molecular weight is 354 g/mol. The molecule has 6 heteroatoms. The summed E-state index contributed by atoms with van der Waals surface area (Å²) in [4.78, 5) is 35.3. The summed E-state index contributed by atoms with van der Waals surface area (Å²) in [5.74, 6) is -1.79. The molecule has 0 spiro atoms. The molecule has 0 heterocycles. The van der Waals surface area contributed by atoms with Crippen LogP contribution in [-0.4, -0.2) is 28.9 Å². The fourth-order valence-electron chi connectivity index (χ4n) is 2.67. The summed E-state index contributed by atoms with van der Waals surface area (Å²) in [5, 5.41) is 14.7. The van der Waals surface area contributed by atoms with Gasteiger partial charge < -0.3 is 15.7 Å². The van der Waals surface area contributed by atoms with E-state index in [4.69, 9.17) is 0 Å². The van der Waals surface area contributed by atoms with Crippen molar-refractivity contribution in [1.82, 2.24) is 10.6 Å². The average Bonchev–Trinajstić information content (AvgIpc) is 2.62. The van der Waals surface area contributed by atoms with Crippen molar-refractivity contribution in [3.8, 4) is 0 Å². The highest BCUT2D eigenvalue weighted by Gasteiger charge is 2.23. The van der Waals surface area contributed by atoms with Crippen molar-refractivity contribution in [2.75, 3.05) is 0 Å². The molecule has 26 heavy (non-hydrogen) atoms. The monoisotopic (exact) mass is 354 g/mol. The Morgan fingerprint density at radius 2 is 1.50 bits per heavy atom. The molecule has 0 aliphatic rings. The third-order valence-corrected chi connectivity index (χ3v) is 3.88. The van der Waals surface area contributed by atoms with Gasteiger partial charge in [-0.2, -0.15) is 0 Å². The Balaban J connectivity index is 2.05. The maximum atomic E-state index is 12.4. The van der Waals surface area contributed by atoms with Gasteiger partial charge in [-0.15, -0.1) is 0 Å². The first-order chi connectivity index (χ1) is 12.5. The molecule has 0 aromatic heterocycles. The predicted octanol–water partition coefficient (Wildman–Crippen LogP) is 2.07. The molecule has 2 rings (SSSR count). The lowest BCUT2D eigenvalue weighted by atomic mass is 10.0. The Labute approximate surface area is 152 Å². The Morgan fingerprint density at radius 1 is 0.923 bits per heavy atom. The molecule has 0 saturated heterocycles. The van der Waals surface area contributed by atoms with Crippen LogP contribution in [-0.2, 0) is 20.8 Å². The fourth-order valence-corrected chi connectivity index (χ4v) is 2.67. The number of carboxylic acid groups (broad SMARTS) is 1. The van der Waals surface area contributed by atoms with Gasteiger partial charge in [-0.1, -0.05) is 60.7 Å². The summed E-state index contributed by atoms with van der Waals surface area (Å²) < 4.78 is 0. The van der Waals surface area contributed by atoms with Gasteiger partial charge in [0, 0.05) is 13.3 Å². The van der Waals surface area contributed by atoms with E-state index in [9.17, 15) is 19.5 Å². The van der Waals surface area contributed by atoms with Gasteiger partial charge >= 0.3 is 5.97 Å². The van der Waals surface area contributed by atoms with Crippen LogP contribution >= 0.6 is 0 Å². The highest BCUT2D eigenvalue weighted by molar-refractivity contribution is 5.84. The zero-order valence-corrected chi connectivity index (χ0v) is 14.5. The highest BCUT2D eigenvalue weighted by atomic mass is 16.4. The summed E-state index contributed by atoms with van der Waals surface area (Å²) in [7, 11) is 0. The third kappa shape index (κ3) is 6.05. The smallest absolute Gasteiger partial charge is 0.326 e. The Kier molecular flexibility index (Phi) is 6.91. The van der Waals surface area contributed by atoms with E-state index >= 15 is 0 Å². The number of rotatable bonds is 8. The number of hydrogen-bond acceptors (Lipinski definition) is 3. The van der Waals surface area contributed by atoms with Crippen molar-refractivity contribution < 1.29 is 19.5 Å². The van der Waals surface area contributed by atoms with Crippen molar-refractivity contribution in [2.24, 2.45) is 0 Å². The number of amides is 2. The summed E-state index contributed by atoms with van der Waals surface area (Å²) in [6.45, 7) is 1.38. The molecule has 1 unspecified atom stereocenters. The highest BCUT2D eigenvalue weighted by Crippen LogP contribution is 2.16. The van der Waals surface area contributed by atoms with E-state index in [1.54, 1.807) is 0 Å². The molecule has 2 aromatic rings. The number of aliphatic carboxylic acids is 1. The van der Waals surface area contributed by atoms with Crippen LogP contribution in [0.15, 0.2) is 60.7 Å². The standard InChI is InChI=1S/C20H22N2O4/c1-14(23)21-17(16-10-6-3-7-11-16)13-19(24)22-18(20(25)26)12-15-8-4-2-5-9-15/h2-11,17-18H,12-13H2,1H3,(H,21,23)(H,22,24)(H,25,26)/t17?,18-/m1/s1. The Hall–Kier alpha value is -3.15. The van der Waals surface area contributed by atoms with Gasteiger partial charge in [0.05, 0.1) is 12.5 Å². The molecule has 2 amide bonds. The van der Waals surface area contributed by atoms with E-state index in [1.165, 1.54) is 6.92 Å². The first-order valence-electron chi connectivity index (χ1n) is 8.34. The van der Waals surface area contributed by atoms with Crippen LogP contribution in [0.25, 0.3) is 0 Å².